The van der Waals surface area contributed by atoms with Crippen molar-refractivity contribution in [2.75, 3.05) is 12.8 Å². The Kier molecular flexibility index (Phi) is 1.87. The third kappa shape index (κ3) is 1.58. The topological polar surface area (TPSA) is 29.5 Å². The van der Waals surface area contributed by atoms with Gasteiger partial charge in [-0.25, -0.2) is 9.42 Å². The van der Waals surface area contributed by atoms with Crippen molar-refractivity contribution in [2.24, 2.45) is 5.41 Å². The van der Waals surface area contributed by atoms with E-state index in [2.05, 4.69) is 27.7 Å². The fraction of sp³-hybridized carbons (Fsp3) is 1.00. The molecule has 0 saturated carbocycles. The van der Waals surface area contributed by atoms with Crippen molar-refractivity contribution in [3.63, 3.8) is 0 Å². The molecule has 1 saturated heterocycles. The summed E-state index contributed by atoms with van der Waals surface area (Å²) >= 11 is 0. The molecule has 0 radical (unpaired) electrons. The first kappa shape index (κ1) is 9.44. The van der Waals surface area contributed by atoms with Crippen LogP contribution >= 0.6 is 7.72 Å². The molecule has 1 atom stereocenters. The van der Waals surface area contributed by atoms with Gasteiger partial charge in [0.25, 0.3) is 7.72 Å². The Labute approximate surface area is 69.5 Å². The third-order valence-corrected chi connectivity index (χ3v) is 4.97. The summed E-state index contributed by atoms with van der Waals surface area (Å²) in [5, 5.41) is 0. The zero-order valence-corrected chi connectivity index (χ0v) is 8.90. The number of hydrogen-bond acceptors (Lipinski definition) is 2. The standard InChI is InChI=1S/C8H18O2P/c1-7(2)6-11(5,9)10-8(7,3)4/h9H,6H2,1-5H3/q+1. The average Bonchev–Trinajstić information content (AvgIpc) is 1.66. The van der Waals surface area contributed by atoms with Gasteiger partial charge >= 0.3 is 0 Å². The van der Waals surface area contributed by atoms with Crippen LogP contribution in [0.2, 0.25) is 0 Å². The normalized spacial score (nSPS) is 40.9. The summed E-state index contributed by atoms with van der Waals surface area (Å²) in [5.74, 6) is 0. The van der Waals surface area contributed by atoms with Crippen LogP contribution in [0.1, 0.15) is 27.7 Å². The van der Waals surface area contributed by atoms with Crippen LogP contribution in [0.4, 0.5) is 0 Å². The van der Waals surface area contributed by atoms with Crippen LogP contribution in [0.25, 0.3) is 0 Å². The van der Waals surface area contributed by atoms with Gasteiger partial charge in [-0.15, -0.1) is 0 Å². The highest BCUT2D eigenvalue weighted by atomic mass is 31.2. The van der Waals surface area contributed by atoms with E-state index in [-0.39, 0.29) is 11.0 Å². The van der Waals surface area contributed by atoms with Gasteiger partial charge in [0.2, 0.25) is 0 Å². The van der Waals surface area contributed by atoms with E-state index >= 15 is 0 Å². The molecular formula is C8H18O2P+. The average molecular weight is 177 g/mol. The molecule has 0 aromatic heterocycles. The summed E-state index contributed by atoms with van der Waals surface area (Å²) < 4.78 is 5.62. The lowest BCUT2D eigenvalue weighted by molar-refractivity contribution is 0.0370. The second-order valence-electron chi connectivity index (χ2n) is 4.69. The molecule has 1 heterocycles. The zero-order valence-electron chi connectivity index (χ0n) is 8.01. The van der Waals surface area contributed by atoms with Gasteiger partial charge < -0.3 is 0 Å². The van der Waals surface area contributed by atoms with Crippen molar-refractivity contribution in [2.45, 2.75) is 33.3 Å². The summed E-state index contributed by atoms with van der Waals surface area (Å²) in [7, 11) is -2.04. The predicted molar refractivity (Wildman–Crippen MR) is 48.9 cm³/mol. The smallest absolute Gasteiger partial charge is 0.220 e. The molecule has 0 spiro atoms. The lowest BCUT2D eigenvalue weighted by atomic mass is 9.79. The molecule has 2 nitrogen and oxygen atoms in total. The van der Waals surface area contributed by atoms with E-state index in [1.165, 1.54) is 0 Å². The predicted octanol–water partition coefficient (Wildman–Crippen LogP) is 2.29. The number of hydrogen-bond donors (Lipinski definition) is 1. The number of rotatable bonds is 0. The molecular weight excluding hydrogens is 159 g/mol. The van der Waals surface area contributed by atoms with Crippen LogP contribution in [-0.4, -0.2) is 23.3 Å². The van der Waals surface area contributed by atoms with E-state index in [0.29, 0.717) is 0 Å². The molecule has 0 aromatic carbocycles. The van der Waals surface area contributed by atoms with Crippen molar-refractivity contribution in [1.29, 1.82) is 0 Å². The molecule has 1 N–H and O–H groups in total. The molecule has 1 fully saturated rings. The Morgan fingerprint density at radius 1 is 1.27 bits per heavy atom. The van der Waals surface area contributed by atoms with E-state index in [0.717, 1.165) is 6.16 Å². The van der Waals surface area contributed by atoms with Gasteiger partial charge in [-0.05, 0) is 13.8 Å². The highest BCUT2D eigenvalue weighted by molar-refractivity contribution is 7.65. The van der Waals surface area contributed by atoms with Crippen LogP contribution in [0, 0.1) is 5.41 Å². The van der Waals surface area contributed by atoms with Crippen LogP contribution in [0.15, 0.2) is 0 Å². The lowest BCUT2D eigenvalue weighted by Crippen LogP contribution is -2.36. The fourth-order valence-electron chi connectivity index (χ4n) is 1.57. The van der Waals surface area contributed by atoms with Gasteiger partial charge in [0, 0.05) is 5.41 Å². The molecule has 3 heteroatoms. The molecule has 11 heavy (non-hydrogen) atoms. The summed E-state index contributed by atoms with van der Waals surface area (Å²) in [6.45, 7) is 10.2. The molecule has 0 bridgehead atoms. The van der Waals surface area contributed by atoms with E-state index in [4.69, 9.17) is 4.52 Å². The van der Waals surface area contributed by atoms with E-state index in [1.54, 1.807) is 0 Å². The Morgan fingerprint density at radius 3 is 1.82 bits per heavy atom. The monoisotopic (exact) mass is 177 g/mol. The SMILES string of the molecule is CC1(C)C[P+](C)(O)OC1(C)C. The Hall–Kier alpha value is 0.350. The van der Waals surface area contributed by atoms with Crippen molar-refractivity contribution in [3.05, 3.63) is 0 Å². The molecule has 1 unspecified atom stereocenters. The summed E-state index contributed by atoms with van der Waals surface area (Å²) in [6, 6.07) is 0. The summed E-state index contributed by atoms with van der Waals surface area (Å²) in [6.07, 6.45) is 0.812. The highest BCUT2D eigenvalue weighted by Crippen LogP contribution is 2.68. The Bertz CT molecular complexity index is 155. The molecule has 0 amide bonds. The quantitative estimate of drug-likeness (QED) is 0.575. The summed E-state index contributed by atoms with van der Waals surface area (Å²) in [5.41, 5.74) is -0.0748. The molecule has 1 aliphatic rings. The van der Waals surface area contributed by atoms with Gasteiger partial charge in [0.05, 0.1) is 0 Å². The van der Waals surface area contributed by atoms with Gasteiger partial charge in [-0.1, -0.05) is 13.8 Å². The molecule has 1 rings (SSSR count). The zero-order chi connectivity index (χ0) is 8.91. The first-order valence-electron chi connectivity index (χ1n) is 3.95. The van der Waals surface area contributed by atoms with Crippen molar-refractivity contribution in [1.82, 2.24) is 0 Å². The maximum absolute atomic E-state index is 9.75. The summed E-state index contributed by atoms with van der Waals surface area (Å²) in [4.78, 5) is 9.75. The Morgan fingerprint density at radius 2 is 1.73 bits per heavy atom. The van der Waals surface area contributed by atoms with Gasteiger partial charge in [-0.2, -0.15) is 0 Å². The molecule has 0 aromatic rings. The lowest BCUT2D eigenvalue weighted by Gasteiger charge is -2.27. The van der Waals surface area contributed by atoms with E-state index in [9.17, 15) is 4.89 Å². The minimum Gasteiger partial charge on any atom is -0.220 e. The first-order valence-corrected chi connectivity index (χ1v) is 6.25. The van der Waals surface area contributed by atoms with E-state index < -0.39 is 7.72 Å². The van der Waals surface area contributed by atoms with Crippen LogP contribution in [0.5, 0.6) is 0 Å². The second-order valence-corrected chi connectivity index (χ2v) is 7.30. The van der Waals surface area contributed by atoms with Crippen molar-refractivity contribution in [3.8, 4) is 0 Å². The maximum atomic E-state index is 9.75. The van der Waals surface area contributed by atoms with Crippen LogP contribution in [0.3, 0.4) is 0 Å². The minimum atomic E-state index is -2.04. The first-order chi connectivity index (χ1) is 4.66. The van der Waals surface area contributed by atoms with E-state index in [1.807, 2.05) is 6.66 Å². The second kappa shape index (κ2) is 2.18. The van der Waals surface area contributed by atoms with Gasteiger partial charge in [-0.3, -0.25) is 0 Å². The Balaban J connectivity index is 2.89. The van der Waals surface area contributed by atoms with Gasteiger partial charge in [0.1, 0.15) is 18.4 Å². The maximum Gasteiger partial charge on any atom is 0.270 e. The third-order valence-electron chi connectivity index (χ3n) is 2.74. The van der Waals surface area contributed by atoms with Crippen molar-refractivity contribution < 1.29 is 9.42 Å². The fourth-order valence-corrected chi connectivity index (χ4v) is 4.71. The highest BCUT2D eigenvalue weighted by Gasteiger charge is 2.59. The van der Waals surface area contributed by atoms with Crippen molar-refractivity contribution >= 4 is 7.72 Å². The molecule has 0 aliphatic carbocycles. The van der Waals surface area contributed by atoms with Gasteiger partial charge in [0.15, 0.2) is 0 Å². The molecule has 66 valence electrons. The largest absolute Gasteiger partial charge is 0.270 e. The van der Waals surface area contributed by atoms with Crippen LogP contribution < -0.4 is 0 Å². The molecule has 1 aliphatic heterocycles. The van der Waals surface area contributed by atoms with Crippen LogP contribution in [-0.2, 0) is 4.52 Å². The minimum absolute atomic E-state index is 0.101.